The number of aromatic nitrogens is 1. The molecule has 0 saturated carbocycles. The lowest BCUT2D eigenvalue weighted by Gasteiger charge is -1.99. The number of anilines is 1. The maximum absolute atomic E-state index is 12.3. The fourth-order valence-electron chi connectivity index (χ4n) is 1.94. The largest absolute Gasteiger partial charge is 0.297 e. The molecule has 3 nitrogen and oxygen atoms in total. The zero-order valence-corrected chi connectivity index (χ0v) is 17.3. The average molecular weight is 493 g/mol. The van der Waals surface area contributed by atoms with Crippen molar-refractivity contribution in [3.8, 4) is 11.3 Å². The molecule has 8 heteroatoms. The van der Waals surface area contributed by atoms with E-state index >= 15 is 0 Å². The third-order valence-corrected chi connectivity index (χ3v) is 7.40. The fourth-order valence-corrected chi connectivity index (χ4v) is 4.83. The Hall–Kier alpha value is -0.730. The lowest BCUT2D eigenvalue weighted by Crippen LogP contribution is -2.09. The first-order chi connectivity index (χ1) is 10.9. The van der Waals surface area contributed by atoms with Crippen LogP contribution in [0.1, 0.15) is 14.5 Å². The van der Waals surface area contributed by atoms with Crippen LogP contribution in [0.3, 0.4) is 0 Å². The van der Waals surface area contributed by atoms with Crippen molar-refractivity contribution in [2.24, 2.45) is 0 Å². The standard InChI is InChI=1S/C15H9Br2ClN2OS2/c1-7-12(8-2-4-9(18)5-3-8)19-15(22-7)20-14(21)11-6-10(16)13(17)23-11/h2-6H,1H3,(H,19,20,21). The summed E-state index contributed by atoms with van der Waals surface area (Å²) in [5.41, 5.74) is 1.83. The highest BCUT2D eigenvalue weighted by Crippen LogP contribution is 2.34. The highest BCUT2D eigenvalue weighted by Gasteiger charge is 2.16. The Bertz CT molecular complexity index is 855. The van der Waals surface area contributed by atoms with Crippen molar-refractivity contribution in [2.45, 2.75) is 6.92 Å². The van der Waals surface area contributed by atoms with E-state index in [1.807, 2.05) is 31.2 Å². The van der Waals surface area contributed by atoms with E-state index in [1.165, 1.54) is 22.7 Å². The first-order valence-electron chi connectivity index (χ1n) is 6.43. The maximum atomic E-state index is 12.3. The SMILES string of the molecule is Cc1sc(NC(=O)c2cc(Br)c(Br)s2)nc1-c1ccc(Cl)cc1. The molecule has 1 aromatic carbocycles. The fraction of sp³-hybridized carbons (Fsp3) is 0.0667. The molecule has 2 heterocycles. The van der Waals surface area contributed by atoms with Crippen molar-refractivity contribution < 1.29 is 4.79 Å². The molecular formula is C15H9Br2ClN2OS2. The Morgan fingerprint density at radius 1 is 1.22 bits per heavy atom. The van der Waals surface area contributed by atoms with Gasteiger partial charge in [-0.25, -0.2) is 4.98 Å². The number of halogens is 3. The van der Waals surface area contributed by atoms with Gasteiger partial charge < -0.3 is 0 Å². The van der Waals surface area contributed by atoms with Crippen LogP contribution in [0, 0.1) is 6.92 Å². The molecule has 3 aromatic rings. The summed E-state index contributed by atoms with van der Waals surface area (Å²) in [4.78, 5) is 18.5. The van der Waals surface area contributed by atoms with E-state index in [0.29, 0.717) is 15.0 Å². The van der Waals surface area contributed by atoms with Crippen LogP contribution in [0.2, 0.25) is 5.02 Å². The summed E-state index contributed by atoms with van der Waals surface area (Å²) in [5.74, 6) is -0.169. The van der Waals surface area contributed by atoms with Crippen molar-refractivity contribution in [3.63, 3.8) is 0 Å². The lowest BCUT2D eigenvalue weighted by atomic mass is 10.1. The van der Waals surface area contributed by atoms with E-state index in [1.54, 1.807) is 6.07 Å². The molecule has 1 N–H and O–H groups in total. The van der Waals surface area contributed by atoms with E-state index in [4.69, 9.17) is 11.6 Å². The summed E-state index contributed by atoms with van der Waals surface area (Å²) < 4.78 is 1.75. The van der Waals surface area contributed by atoms with E-state index < -0.39 is 0 Å². The molecule has 0 aliphatic carbocycles. The van der Waals surface area contributed by atoms with Gasteiger partial charge in [0.15, 0.2) is 5.13 Å². The van der Waals surface area contributed by atoms with Gasteiger partial charge in [-0.05, 0) is 57.0 Å². The molecule has 2 aromatic heterocycles. The number of thiazole rings is 1. The van der Waals surface area contributed by atoms with Gasteiger partial charge in [-0.15, -0.1) is 22.7 Å². The molecule has 3 rings (SSSR count). The number of nitrogens with one attached hydrogen (secondary N) is 1. The van der Waals surface area contributed by atoms with Crippen molar-refractivity contribution >= 4 is 77.2 Å². The monoisotopic (exact) mass is 490 g/mol. The topological polar surface area (TPSA) is 42.0 Å². The number of carbonyl (C=O) groups excluding carboxylic acids is 1. The summed E-state index contributed by atoms with van der Waals surface area (Å²) >= 11 is 15.5. The van der Waals surface area contributed by atoms with E-state index in [2.05, 4.69) is 42.2 Å². The Kier molecular flexibility index (Phi) is 5.22. The first kappa shape index (κ1) is 17.1. The van der Waals surface area contributed by atoms with E-state index in [0.717, 1.165) is 24.4 Å². The number of amides is 1. The third kappa shape index (κ3) is 3.85. The van der Waals surface area contributed by atoms with Gasteiger partial charge in [-0.1, -0.05) is 23.7 Å². The number of benzene rings is 1. The first-order valence-corrected chi connectivity index (χ1v) is 10.0. The zero-order valence-electron chi connectivity index (χ0n) is 11.7. The van der Waals surface area contributed by atoms with Crippen LogP contribution >= 0.6 is 66.1 Å². The molecule has 23 heavy (non-hydrogen) atoms. The summed E-state index contributed by atoms with van der Waals surface area (Å²) in [7, 11) is 0. The van der Waals surface area contributed by atoms with Crippen LogP contribution in [0.25, 0.3) is 11.3 Å². The summed E-state index contributed by atoms with van der Waals surface area (Å²) in [6.45, 7) is 1.98. The molecular weight excluding hydrogens is 484 g/mol. The van der Waals surface area contributed by atoms with Crippen molar-refractivity contribution in [1.29, 1.82) is 0 Å². The maximum Gasteiger partial charge on any atom is 0.267 e. The number of carbonyl (C=O) groups is 1. The minimum Gasteiger partial charge on any atom is -0.297 e. The van der Waals surface area contributed by atoms with E-state index in [9.17, 15) is 4.79 Å². The van der Waals surface area contributed by atoms with Gasteiger partial charge >= 0.3 is 0 Å². The van der Waals surface area contributed by atoms with Gasteiger partial charge in [-0.3, -0.25) is 10.1 Å². The van der Waals surface area contributed by atoms with Gasteiger partial charge in [0.25, 0.3) is 5.91 Å². The Labute approximate surface area is 163 Å². The van der Waals surface area contributed by atoms with Crippen molar-refractivity contribution in [1.82, 2.24) is 4.98 Å². The summed E-state index contributed by atoms with van der Waals surface area (Å²) in [6.07, 6.45) is 0. The van der Waals surface area contributed by atoms with Crippen LogP contribution < -0.4 is 5.32 Å². The molecule has 0 atom stereocenters. The average Bonchev–Trinajstić information content (AvgIpc) is 3.03. The second-order valence-corrected chi connectivity index (χ2v) is 9.48. The number of aryl methyl sites for hydroxylation is 1. The molecule has 0 radical (unpaired) electrons. The van der Waals surface area contributed by atoms with Gasteiger partial charge in [0, 0.05) is 19.9 Å². The Balaban J connectivity index is 1.83. The molecule has 0 bridgehead atoms. The van der Waals surface area contributed by atoms with Crippen LogP contribution in [0.5, 0.6) is 0 Å². The molecule has 0 fully saturated rings. The zero-order chi connectivity index (χ0) is 16.6. The second-order valence-electron chi connectivity index (χ2n) is 4.62. The normalized spacial score (nSPS) is 10.8. The predicted octanol–water partition coefficient (Wildman–Crippen LogP) is 6.61. The molecule has 0 spiro atoms. The quantitative estimate of drug-likeness (QED) is 0.447. The minimum atomic E-state index is -0.169. The van der Waals surface area contributed by atoms with Crippen molar-refractivity contribution in [2.75, 3.05) is 5.32 Å². The highest BCUT2D eigenvalue weighted by atomic mass is 79.9. The van der Waals surface area contributed by atoms with Crippen LogP contribution in [-0.4, -0.2) is 10.9 Å². The van der Waals surface area contributed by atoms with E-state index in [-0.39, 0.29) is 5.91 Å². The molecule has 118 valence electrons. The molecule has 0 aliphatic rings. The molecule has 0 unspecified atom stereocenters. The minimum absolute atomic E-state index is 0.169. The molecule has 0 saturated heterocycles. The predicted molar refractivity (Wildman–Crippen MR) is 105 cm³/mol. The van der Waals surface area contributed by atoms with Crippen molar-refractivity contribution in [3.05, 3.63) is 53.4 Å². The smallest absolute Gasteiger partial charge is 0.267 e. The van der Waals surface area contributed by atoms with Crippen LogP contribution in [0.4, 0.5) is 5.13 Å². The third-order valence-electron chi connectivity index (χ3n) is 3.00. The van der Waals surface area contributed by atoms with Crippen LogP contribution in [0.15, 0.2) is 38.6 Å². The van der Waals surface area contributed by atoms with Gasteiger partial charge in [0.05, 0.1) is 14.4 Å². The van der Waals surface area contributed by atoms with Gasteiger partial charge in [-0.2, -0.15) is 0 Å². The molecule has 0 aliphatic heterocycles. The number of hydrogen-bond donors (Lipinski definition) is 1. The number of hydrogen-bond acceptors (Lipinski definition) is 4. The molecule has 1 amide bonds. The van der Waals surface area contributed by atoms with Crippen LogP contribution in [-0.2, 0) is 0 Å². The van der Waals surface area contributed by atoms with Gasteiger partial charge in [0.2, 0.25) is 0 Å². The highest BCUT2D eigenvalue weighted by molar-refractivity contribution is 9.13. The second kappa shape index (κ2) is 7.03. The Morgan fingerprint density at radius 3 is 2.52 bits per heavy atom. The lowest BCUT2D eigenvalue weighted by molar-refractivity contribution is 0.103. The number of rotatable bonds is 3. The summed E-state index contributed by atoms with van der Waals surface area (Å²) in [5, 5.41) is 4.12. The van der Waals surface area contributed by atoms with Gasteiger partial charge in [0.1, 0.15) is 0 Å². The number of nitrogens with zero attached hydrogens (tertiary/aromatic N) is 1. The summed E-state index contributed by atoms with van der Waals surface area (Å²) in [6, 6.07) is 9.28. The number of thiophene rings is 1. The Morgan fingerprint density at radius 2 is 1.91 bits per heavy atom.